The molecule has 0 bridgehead atoms. The van der Waals surface area contributed by atoms with Gasteiger partial charge >= 0.3 is 5.97 Å². The lowest BCUT2D eigenvalue weighted by Gasteiger charge is -2.08. The van der Waals surface area contributed by atoms with Gasteiger partial charge in [-0.1, -0.05) is 11.8 Å². The number of carboxylic acid groups (broad SMARTS) is 1. The minimum Gasteiger partial charge on any atom is -0.481 e. The van der Waals surface area contributed by atoms with Crippen molar-refractivity contribution in [3.8, 4) is 0 Å². The van der Waals surface area contributed by atoms with E-state index >= 15 is 0 Å². The summed E-state index contributed by atoms with van der Waals surface area (Å²) in [5.74, 6) is -1.33. The lowest BCUT2D eigenvalue weighted by molar-refractivity contribution is -0.133. The number of imidazole rings is 1. The van der Waals surface area contributed by atoms with E-state index in [1.54, 1.807) is 6.07 Å². The van der Waals surface area contributed by atoms with Crippen molar-refractivity contribution in [3.63, 3.8) is 0 Å². The molecule has 0 spiro atoms. The van der Waals surface area contributed by atoms with E-state index in [0.29, 0.717) is 30.4 Å². The quantitative estimate of drug-likeness (QED) is 0.600. The van der Waals surface area contributed by atoms with Crippen molar-refractivity contribution in [2.45, 2.75) is 25.0 Å². The molecule has 0 saturated heterocycles. The molecule has 1 N–H and O–H groups in total. The third-order valence-electron chi connectivity index (χ3n) is 2.87. The van der Waals surface area contributed by atoms with Crippen LogP contribution in [0.3, 0.4) is 0 Å². The zero-order chi connectivity index (χ0) is 15.2. The maximum atomic E-state index is 13.3. The first-order valence-corrected chi connectivity index (χ1v) is 7.68. The Bertz CT molecular complexity index is 630. The Morgan fingerprint density at radius 1 is 1.52 bits per heavy atom. The van der Waals surface area contributed by atoms with Crippen LogP contribution in [-0.4, -0.2) is 39.6 Å². The number of carbonyl (C=O) groups is 1. The molecule has 5 nitrogen and oxygen atoms in total. The standard InChI is InChI=1S/C14H17FN2O3S/c1-2-20-7-3-6-17-12-5-4-10(15)8-11(12)16-14(17)21-9-13(18)19/h4-5,8H,2-3,6-7,9H2,1H3,(H,18,19). The van der Waals surface area contributed by atoms with Crippen LogP contribution in [0.25, 0.3) is 11.0 Å². The maximum absolute atomic E-state index is 13.3. The summed E-state index contributed by atoms with van der Waals surface area (Å²) in [5.41, 5.74) is 1.35. The van der Waals surface area contributed by atoms with Crippen LogP contribution in [0.5, 0.6) is 0 Å². The van der Waals surface area contributed by atoms with E-state index in [4.69, 9.17) is 9.84 Å². The highest BCUT2D eigenvalue weighted by atomic mass is 32.2. The molecule has 0 amide bonds. The van der Waals surface area contributed by atoms with Crippen molar-refractivity contribution < 1.29 is 19.0 Å². The Morgan fingerprint density at radius 2 is 2.33 bits per heavy atom. The largest absolute Gasteiger partial charge is 0.481 e. The smallest absolute Gasteiger partial charge is 0.313 e. The van der Waals surface area contributed by atoms with Gasteiger partial charge in [0.25, 0.3) is 0 Å². The molecule has 0 atom stereocenters. The Kier molecular flexibility index (Phi) is 5.58. The van der Waals surface area contributed by atoms with E-state index < -0.39 is 5.97 Å². The number of halogens is 1. The molecule has 0 unspecified atom stereocenters. The summed E-state index contributed by atoms with van der Waals surface area (Å²) < 4.78 is 20.5. The number of aromatic nitrogens is 2. The van der Waals surface area contributed by atoms with Gasteiger partial charge in [-0.3, -0.25) is 4.79 Å². The molecule has 0 aliphatic rings. The highest BCUT2D eigenvalue weighted by molar-refractivity contribution is 7.99. The fraction of sp³-hybridized carbons (Fsp3) is 0.429. The van der Waals surface area contributed by atoms with Gasteiger partial charge in [0.1, 0.15) is 5.82 Å². The number of ether oxygens (including phenoxy) is 1. The molecule has 21 heavy (non-hydrogen) atoms. The lowest BCUT2D eigenvalue weighted by Crippen LogP contribution is -2.06. The van der Waals surface area contributed by atoms with Gasteiger partial charge in [0.05, 0.1) is 16.8 Å². The van der Waals surface area contributed by atoms with E-state index in [-0.39, 0.29) is 11.6 Å². The predicted octanol–water partition coefficient (Wildman–Crippen LogP) is 2.78. The first-order chi connectivity index (χ1) is 10.1. The monoisotopic (exact) mass is 312 g/mol. The van der Waals surface area contributed by atoms with E-state index in [0.717, 1.165) is 23.7 Å². The highest BCUT2D eigenvalue weighted by Crippen LogP contribution is 2.25. The van der Waals surface area contributed by atoms with Crippen molar-refractivity contribution in [1.82, 2.24) is 9.55 Å². The molecule has 1 heterocycles. The number of aryl methyl sites for hydroxylation is 1. The molecule has 0 aliphatic carbocycles. The summed E-state index contributed by atoms with van der Waals surface area (Å²) in [7, 11) is 0. The highest BCUT2D eigenvalue weighted by Gasteiger charge is 2.13. The van der Waals surface area contributed by atoms with E-state index in [2.05, 4.69) is 4.98 Å². The number of rotatable bonds is 8. The van der Waals surface area contributed by atoms with Gasteiger partial charge in [-0.05, 0) is 25.5 Å². The molecule has 114 valence electrons. The number of thioether (sulfide) groups is 1. The van der Waals surface area contributed by atoms with Crippen LogP contribution in [0, 0.1) is 5.82 Å². The molecule has 0 fully saturated rings. The molecule has 7 heteroatoms. The number of nitrogens with zero attached hydrogens (tertiary/aromatic N) is 2. The Hall–Kier alpha value is -1.60. The molecule has 1 aromatic carbocycles. The Balaban J connectivity index is 2.23. The zero-order valence-corrected chi connectivity index (χ0v) is 12.5. The summed E-state index contributed by atoms with van der Waals surface area (Å²) in [6.45, 7) is 3.88. The van der Waals surface area contributed by atoms with Crippen molar-refractivity contribution in [2.24, 2.45) is 0 Å². The Morgan fingerprint density at radius 3 is 3.05 bits per heavy atom. The van der Waals surface area contributed by atoms with Gasteiger partial charge in [-0.25, -0.2) is 9.37 Å². The van der Waals surface area contributed by atoms with Gasteiger partial charge in [0.2, 0.25) is 0 Å². The molecule has 2 aromatic rings. The molecule has 1 aromatic heterocycles. The molecule has 2 rings (SSSR count). The van der Waals surface area contributed by atoms with Crippen LogP contribution in [-0.2, 0) is 16.1 Å². The van der Waals surface area contributed by atoms with Crippen LogP contribution in [0.2, 0.25) is 0 Å². The first-order valence-electron chi connectivity index (χ1n) is 6.70. The van der Waals surface area contributed by atoms with Crippen LogP contribution < -0.4 is 0 Å². The number of benzene rings is 1. The van der Waals surface area contributed by atoms with E-state index in [9.17, 15) is 9.18 Å². The van der Waals surface area contributed by atoms with Gasteiger partial charge in [-0.2, -0.15) is 0 Å². The van der Waals surface area contributed by atoms with Gasteiger partial charge in [0.15, 0.2) is 5.16 Å². The fourth-order valence-electron chi connectivity index (χ4n) is 2.00. The molecule has 0 aliphatic heterocycles. The normalized spacial score (nSPS) is 11.1. The van der Waals surface area contributed by atoms with E-state index in [1.165, 1.54) is 12.1 Å². The topological polar surface area (TPSA) is 64.3 Å². The molecular formula is C14H17FN2O3S. The minimum absolute atomic E-state index is 0.0722. The summed E-state index contributed by atoms with van der Waals surface area (Å²) in [6.07, 6.45) is 0.789. The summed E-state index contributed by atoms with van der Waals surface area (Å²) in [5, 5.41) is 9.38. The number of aliphatic carboxylic acids is 1. The van der Waals surface area contributed by atoms with Crippen LogP contribution in [0.4, 0.5) is 4.39 Å². The average molecular weight is 312 g/mol. The molecular weight excluding hydrogens is 295 g/mol. The maximum Gasteiger partial charge on any atom is 0.313 e. The Labute approximate surface area is 126 Å². The average Bonchev–Trinajstić information content (AvgIpc) is 2.78. The van der Waals surface area contributed by atoms with Crippen molar-refractivity contribution in [3.05, 3.63) is 24.0 Å². The summed E-state index contributed by atoms with van der Waals surface area (Å²) >= 11 is 1.14. The lowest BCUT2D eigenvalue weighted by atomic mass is 10.3. The minimum atomic E-state index is -0.904. The second kappa shape index (κ2) is 7.42. The summed E-state index contributed by atoms with van der Waals surface area (Å²) in [6, 6.07) is 4.41. The SMILES string of the molecule is CCOCCCn1c(SCC(=O)O)nc2cc(F)ccc21. The van der Waals surface area contributed by atoms with Gasteiger partial charge in [-0.15, -0.1) is 0 Å². The van der Waals surface area contributed by atoms with Gasteiger partial charge in [0, 0.05) is 25.8 Å². The number of carboxylic acids is 1. The molecule has 0 radical (unpaired) electrons. The van der Waals surface area contributed by atoms with Crippen LogP contribution in [0.1, 0.15) is 13.3 Å². The van der Waals surface area contributed by atoms with E-state index in [1.807, 2.05) is 11.5 Å². The third-order valence-corrected chi connectivity index (χ3v) is 3.84. The predicted molar refractivity (Wildman–Crippen MR) is 79.2 cm³/mol. The van der Waals surface area contributed by atoms with Crippen molar-refractivity contribution in [1.29, 1.82) is 0 Å². The number of hydrogen-bond acceptors (Lipinski definition) is 4. The summed E-state index contributed by atoms with van der Waals surface area (Å²) in [4.78, 5) is 15.0. The third kappa shape index (κ3) is 4.18. The number of hydrogen-bond donors (Lipinski definition) is 1. The van der Waals surface area contributed by atoms with Crippen LogP contribution >= 0.6 is 11.8 Å². The van der Waals surface area contributed by atoms with Crippen molar-refractivity contribution in [2.75, 3.05) is 19.0 Å². The first kappa shape index (κ1) is 15.8. The number of fused-ring (bicyclic) bond motifs is 1. The van der Waals surface area contributed by atoms with Crippen molar-refractivity contribution >= 4 is 28.8 Å². The van der Waals surface area contributed by atoms with Crippen LogP contribution in [0.15, 0.2) is 23.4 Å². The molecule has 0 saturated carbocycles. The second-order valence-corrected chi connectivity index (χ2v) is 5.35. The van der Waals surface area contributed by atoms with Gasteiger partial charge < -0.3 is 14.4 Å². The second-order valence-electron chi connectivity index (χ2n) is 4.41. The zero-order valence-electron chi connectivity index (χ0n) is 11.7. The fourth-order valence-corrected chi connectivity index (χ4v) is 2.76.